The van der Waals surface area contributed by atoms with Crippen LogP contribution in [0.4, 0.5) is 0 Å². The highest BCUT2D eigenvalue weighted by molar-refractivity contribution is 7.20. The number of rotatable bonds is 10. The van der Waals surface area contributed by atoms with Gasteiger partial charge >= 0.3 is 0 Å². The lowest BCUT2D eigenvalue weighted by Gasteiger charge is -2.24. The Kier molecular flexibility index (Phi) is 8.32. The molecule has 1 aliphatic rings. The van der Waals surface area contributed by atoms with Crippen molar-refractivity contribution in [3.05, 3.63) is 53.6 Å². The molecule has 0 unspecified atom stereocenters. The summed E-state index contributed by atoms with van der Waals surface area (Å²) in [5.41, 5.74) is 2.41. The number of nitrogens with one attached hydrogen (secondary N) is 1. The third-order valence-electron chi connectivity index (χ3n) is 5.96. The number of ether oxygens (including phenoxy) is 3. The van der Waals surface area contributed by atoms with E-state index in [-0.39, 0.29) is 23.9 Å². The van der Waals surface area contributed by atoms with Crippen LogP contribution in [-0.2, 0) is 11.3 Å². The Labute approximate surface area is 212 Å². The molecule has 3 aromatic rings. The molecule has 7 heteroatoms. The number of benzene rings is 2. The Hall–Kier alpha value is -2.19. The number of hydrogen-bond acceptors (Lipinski definition) is 7. The van der Waals surface area contributed by atoms with Crippen LogP contribution in [0.15, 0.2) is 42.5 Å². The molecule has 190 valence electrons. The number of hydrogen-bond donors (Lipinski definition) is 2. The highest BCUT2D eigenvalue weighted by Crippen LogP contribution is 2.40. The van der Waals surface area contributed by atoms with Gasteiger partial charge in [-0.1, -0.05) is 47.7 Å². The molecule has 0 spiro atoms. The van der Waals surface area contributed by atoms with Gasteiger partial charge in [-0.2, -0.15) is 4.98 Å². The summed E-state index contributed by atoms with van der Waals surface area (Å²) in [5.74, 6) is 0.705. The first-order chi connectivity index (χ1) is 16.7. The van der Waals surface area contributed by atoms with E-state index in [0.29, 0.717) is 24.1 Å². The van der Waals surface area contributed by atoms with E-state index in [1.165, 1.54) is 16.9 Å². The summed E-state index contributed by atoms with van der Waals surface area (Å²) >= 11 is 1.46. The van der Waals surface area contributed by atoms with Crippen LogP contribution in [0.1, 0.15) is 71.1 Å². The molecule has 1 saturated carbocycles. The van der Waals surface area contributed by atoms with Crippen molar-refractivity contribution in [3.63, 3.8) is 0 Å². The van der Waals surface area contributed by atoms with Crippen LogP contribution in [0.2, 0.25) is 0 Å². The molecule has 2 N–H and O–H groups in total. The van der Waals surface area contributed by atoms with Gasteiger partial charge in [-0.25, -0.2) is 0 Å². The fourth-order valence-electron chi connectivity index (χ4n) is 4.42. The van der Waals surface area contributed by atoms with E-state index in [4.69, 9.17) is 19.2 Å². The van der Waals surface area contributed by atoms with Crippen LogP contribution in [-0.4, -0.2) is 40.5 Å². The van der Waals surface area contributed by atoms with Crippen molar-refractivity contribution in [3.8, 4) is 10.9 Å². The van der Waals surface area contributed by atoms with Gasteiger partial charge < -0.3 is 24.6 Å². The Morgan fingerprint density at radius 1 is 1.11 bits per heavy atom. The molecule has 35 heavy (non-hydrogen) atoms. The fraction of sp³-hybridized carbons (Fsp3) is 0.536. The summed E-state index contributed by atoms with van der Waals surface area (Å²) in [6.45, 7) is 11.1. The Bertz CT molecular complexity index is 1090. The smallest absolute Gasteiger partial charge is 0.274 e. The lowest BCUT2D eigenvalue weighted by Crippen LogP contribution is -2.39. The molecule has 2 aromatic carbocycles. The van der Waals surface area contributed by atoms with Crippen molar-refractivity contribution in [2.24, 2.45) is 0 Å². The van der Waals surface area contributed by atoms with Gasteiger partial charge in [-0.05, 0) is 65.5 Å². The molecule has 1 heterocycles. The molecule has 1 aliphatic carbocycles. The maximum absolute atomic E-state index is 11.2. The second-order valence-electron chi connectivity index (χ2n) is 10.5. The van der Waals surface area contributed by atoms with Crippen molar-refractivity contribution < 1.29 is 19.3 Å². The average molecular weight is 499 g/mol. The van der Waals surface area contributed by atoms with Crippen molar-refractivity contribution in [2.45, 2.75) is 90.4 Å². The average Bonchev–Trinajstić information content (AvgIpc) is 3.42. The summed E-state index contributed by atoms with van der Waals surface area (Å²) in [6, 6.07) is 14.4. The van der Waals surface area contributed by atoms with Gasteiger partial charge in [0.25, 0.3) is 5.19 Å². The molecule has 0 radical (unpaired) electrons. The van der Waals surface area contributed by atoms with Gasteiger partial charge in [0.1, 0.15) is 16.9 Å². The standard InChI is InChI=1S/C28H38N2O4S/c1-18(2)33-27-30-25-24(34-28(3,4)5)15-14-20(26(25)35-27)22(31)16-29-21-12-9-13-23(21)32-17-19-10-7-6-8-11-19/h6-8,10-11,14-15,18,21-23,29,31H,9,12-13,16-17H2,1-5H3/t21-,22-,23-/m0/s1. The molecule has 0 bridgehead atoms. The molecular formula is C28H38N2O4S. The molecule has 0 amide bonds. The van der Waals surface area contributed by atoms with E-state index in [2.05, 4.69) is 17.4 Å². The number of aromatic nitrogens is 1. The zero-order valence-electron chi connectivity index (χ0n) is 21.4. The van der Waals surface area contributed by atoms with Crippen molar-refractivity contribution in [2.75, 3.05) is 6.54 Å². The lowest BCUT2D eigenvalue weighted by atomic mass is 10.1. The molecule has 6 nitrogen and oxygen atoms in total. The minimum absolute atomic E-state index is 0.0211. The molecule has 0 aliphatic heterocycles. The normalized spacial score (nSPS) is 19.4. The first-order valence-corrected chi connectivity index (χ1v) is 13.4. The number of aliphatic hydroxyl groups excluding tert-OH is 1. The van der Waals surface area contributed by atoms with Crippen LogP contribution < -0.4 is 14.8 Å². The summed E-state index contributed by atoms with van der Waals surface area (Å²) < 4.78 is 19.2. The minimum atomic E-state index is -0.677. The number of thiazole rings is 1. The van der Waals surface area contributed by atoms with E-state index in [9.17, 15) is 5.11 Å². The number of aliphatic hydroxyl groups is 1. The first kappa shape index (κ1) is 25.9. The molecule has 3 atom stereocenters. The minimum Gasteiger partial charge on any atom is -0.486 e. The van der Waals surface area contributed by atoms with Gasteiger partial charge in [0, 0.05) is 18.2 Å². The molecule has 0 saturated heterocycles. The van der Waals surface area contributed by atoms with Crippen LogP contribution in [0.25, 0.3) is 10.2 Å². The van der Waals surface area contributed by atoms with Crippen molar-refractivity contribution in [1.29, 1.82) is 0 Å². The quantitative estimate of drug-likeness (QED) is 0.356. The Morgan fingerprint density at radius 3 is 2.60 bits per heavy atom. The van der Waals surface area contributed by atoms with Gasteiger partial charge in [-0.3, -0.25) is 0 Å². The third kappa shape index (κ3) is 6.94. The maximum Gasteiger partial charge on any atom is 0.274 e. The van der Waals surface area contributed by atoms with Crippen molar-refractivity contribution in [1.82, 2.24) is 10.3 Å². The fourth-order valence-corrected chi connectivity index (χ4v) is 5.54. The van der Waals surface area contributed by atoms with Crippen molar-refractivity contribution >= 4 is 21.6 Å². The highest BCUT2D eigenvalue weighted by Gasteiger charge is 2.29. The van der Waals surface area contributed by atoms with Gasteiger partial charge in [0.2, 0.25) is 0 Å². The third-order valence-corrected chi connectivity index (χ3v) is 6.96. The molecule has 1 aromatic heterocycles. The predicted octanol–water partition coefficient (Wildman–Crippen LogP) is 6.02. The van der Waals surface area contributed by atoms with Crippen LogP contribution in [0.5, 0.6) is 10.9 Å². The largest absolute Gasteiger partial charge is 0.486 e. The number of nitrogens with zero attached hydrogens (tertiary/aromatic N) is 1. The lowest BCUT2D eigenvalue weighted by molar-refractivity contribution is 0.0249. The summed E-state index contributed by atoms with van der Waals surface area (Å²) in [5, 5.41) is 15.3. The van der Waals surface area contributed by atoms with Crippen LogP contribution in [0.3, 0.4) is 0 Å². The SMILES string of the molecule is CC(C)Oc1nc2c(OC(C)(C)C)ccc([C@@H](O)CN[C@H]3CCC[C@@H]3OCc3ccccc3)c2s1. The highest BCUT2D eigenvalue weighted by atomic mass is 32.1. The van der Waals surface area contributed by atoms with E-state index in [1.807, 2.05) is 65.0 Å². The Morgan fingerprint density at radius 2 is 1.89 bits per heavy atom. The molecule has 4 rings (SSSR count). The molecule has 1 fully saturated rings. The van der Waals surface area contributed by atoms with Gasteiger partial charge in [0.05, 0.1) is 29.6 Å². The zero-order chi connectivity index (χ0) is 25.0. The second-order valence-corrected chi connectivity index (χ2v) is 11.4. The van der Waals surface area contributed by atoms with E-state index in [0.717, 1.165) is 35.0 Å². The monoisotopic (exact) mass is 498 g/mol. The van der Waals surface area contributed by atoms with E-state index in [1.54, 1.807) is 0 Å². The first-order valence-electron chi connectivity index (χ1n) is 12.6. The summed E-state index contributed by atoms with van der Waals surface area (Å²) in [6.07, 6.45) is 2.71. The topological polar surface area (TPSA) is 72.8 Å². The zero-order valence-corrected chi connectivity index (χ0v) is 22.2. The number of fused-ring (bicyclic) bond motifs is 1. The maximum atomic E-state index is 11.2. The predicted molar refractivity (Wildman–Crippen MR) is 141 cm³/mol. The van der Waals surface area contributed by atoms with Gasteiger partial charge in [0.15, 0.2) is 0 Å². The summed E-state index contributed by atoms with van der Waals surface area (Å²) in [7, 11) is 0. The second kappa shape index (κ2) is 11.2. The van der Waals surface area contributed by atoms with Crippen LogP contribution in [0, 0.1) is 0 Å². The van der Waals surface area contributed by atoms with Gasteiger partial charge in [-0.15, -0.1) is 0 Å². The molecular weight excluding hydrogens is 460 g/mol. The van der Waals surface area contributed by atoms with E-state index < -0.39 is 6.10 Å². The van der Waals surface area contributed by atoms with Crippen LogP contribution >= 0.6 is 11.3 Å². The van der Waals surface area contributed by atoms with E-state index >= 15 is 0 Å². The summed E-state index contributed by atoms with van der Waals surface area (Å²) in [4.78, 5) is 4.70. The Balaban J connectivity index is 1.46.